The minimum Gasteiger partial charge on any atom is -0.489 e. The maximum Gasteiger partial charge on any atom is 0.307 e. The number of carbonyl (C=O) groups is 2. The zero-order valence-corrected chi connectivity index (χ0v) is 23.5. The quantitative estimate of drug-likeness (QED) is 0.304. The first-order valence-corrected chi connectivity index (χ1v) is 14.7. The van der Waals surface area contributed by atoms with Crippen molar-refractivity contribution in [3.05, 3.63) is 106 Å². The Morgan fingerprint density at radius 1 is 1.07 bits per heavy atom. The van der Waals surface area contributed by atoms with E-state index in [-0.39, 0.29) is 24.3 Å². The monoisotopic (exact) mass is 582 g/mol. The molecule has 3 aromatic carbocycles. The highest BCUT2D eigenvalue weighted by atomic mass is 35.5. The number of aliphatic carboxylic acids is 1. The second kappa shape index (κ2) is 13.1. The summed E-state index contributed by atoms with van der Waals surface area (Å²) in [5.74, 6) is -1.47. The lowest BCUT2D eigenvalue weighted by molar-refractivity contribution is -0.136. The van der Waals surface area contributed by atoms with Crippen molar-refractivity contribution in [3.63, 3.8) is 0 Å². The summed E-state index contributed by atoms with van der Waals surface area (Å²) in [5.41, 5.74) is 3.03. The molecule has 0 aromatic heterocycles. The fourth-order valence-electron chi connectivity index (χ4n) is 4.46. The number of carbonyl (C=O) groups excluding carboxylic acids is 1. The highest BCUT2D eigenvalue weighted by Crippen LogP contribution is 2.28. The van der Waals surface area contributed by atoms with Crippen molar-refractivity contribution in [1.29, 1.82) is 0 Å². The van der Waals surface area contributed by atoms with Gasteiger partial charge in [0, 0.05) is 17.5 Å². The summed E-state index contributed by atoms with van der Waals surface area (Å²) in [6.45, 7) is 2.49. The van der Waals surface area contributed by atoms with E-state index in [0.717, 1.165) is 11.1 Å². The normalized spacial score (nSPS) is 17.5. The van der Waals surface area contributed by atoms with Gasteiger partial charge in [-0.15, -0.1) is 0 Å². The molecule has 0 fully saturated rings. The molecule has 0 spiro atoms. The summed E-state index contributed by atoms with van der Waals surface area (Å²) >= 11 is 5.99. The number of sulfonamides is 1. The molecule has 40 heavy (non-hydrogen) atoms. The predicted octanol–water partition coefficient (Wildman–Crippen LogP) is 4.44. The first-order chi connectivity index (χ1) is 19.1. The fraction of sp³-hybridized carbons (Fsp3) is 0.267. The van der Waals surface area contributed by atoms with Gasteiger partial charge in [0.05, 0.1) is 11.3 Å². The summed E-state index contributed by atoms with van der Waals surface area (Å²) in [7, 11) is -4.01. The molecule has 1 amide bonds. The third-order valence-electron chi connectivity index (χ3n) is 6.56. The minimum atomic E-state index is -4.01. The van der Waals surface area contributed by atoms with Gasteiger partial charge in [0.25, 0.3) is 0 Å². The number of nitrogens with one attached hydrogen (secondary N) is 2. The van der Waals surface area contributed by atoms with Gasteiger partial charge in [-0.25, -0.2) is 8.42 Å². The predicted molar refractivity (Wildman–Crippen MR) is 153 cm³/mol. The number of benzene rings is 3. The molecular formula is C30H31ClN2O6S. The van der Waals surface area contributed by atoms with Crippen LogP contribution in [-0.4, -0.2) is 38.0 Å². The van der Waals surface area contributed by atoms with E-state index in [1.165, 1.54) is 12.1 Å². The van der Waals surface area contributed by atoms with Gasteiger partial charge in [-0.1, -0.05) is 65.7 Å². The van der Waals surface area contributed by atoms with Crippen LogP contribution >= 0.6 is 11.6 Å². The van der Waals surface area contributed by atoms with Crippen molar-refractivity contribution < 1.29 is 27.9 Å². The van der Waals surface area contributed by atoms with Crippen LogP contribution in [0.15, 0.2) is 83.8 Å². The number of amides is 1. The molecule has 0 radical (unpaired) electrons. The van der Waals surface area contributed by atoms with E-state index in [4.69, 9.17) is 16.3 Å². The summed E-state index contributed by atoms with van der Waals surface area (Å²) < 4.78 is 35.2. The number of ether oxygens (including phenoxy) is 1. The van der Waals surface area contributed by atoms with Gasteiger partial charge in [0.2, 0.25) is 15.9 Å². The molecule has 2 atom stereocenters. The molecule has 1 aliphatic heterocycles. The minimum absolute atomic E-state index is 0.0612. The van der Waals surface area contributed by atoms with Gasteiger partial charge in [0.1, 0.15) is 18.4 Å². The van der Waals surface area contributed by atoms with Crippen LogP contribution in [-0.2, 0) is 39.1 Å². The van der Waals surface area contributed by atoms with E-state index in [2.05, 4.69) is 10.0 Å². The van der Waals surface area contributed by atoms with E-state index in [0.29, 0.717) is 34.9 Å². The Labute approximate surface area is 239 Å². The molecule has 0 aliphatic carbocycles. The Morgan fingerprint density at radius 2 is 1.77 bits per heavy atom. The van der Waals surface area contributed by atoms with Gasteiger partial charge in [-0.05, 0) is 66.8 Å². The summed E-state index contributed by atoms with van der Waals surface area (Å²) in [6, 6.07) is 17.6. The van der Waals surface area contributed by atoms with Crippen molar-refractivity contribution in [2.75, 3.05) is 6.54 Å². The first kappa shape index (κ1) is 29.3. The van der Waals surface area contributed by atoms with Crippen molar-refractivity contribution in [2.45, 2.75) is 43.7 Å². The fourth-order valence-corrected chi connectivity index (χ4v) is 5.83. The average molecular weight is 583 g/mol. The molecule has 0 saturated carbocycles. The Morgan fingerprint density at radius 3 is 2.48 bits per heavy atom. The Bertz CT molecular complexity index is 1490. The van der Waals surface area contributed by atoms with Gasteiger partial charge >= 0.3 is 5.97 Å². The van der Waals surface area contributed by atoms with Gasteiger partial charge in [-0.2, -0.15) is 4.72 Å². The van der Waals surface area contributed by atoms with Gasteiger partial charge in [0.15, 0.2) is 0 Å². The number of rotatable bonds is 10. The molecule has 210 valence electrons. The van der Waals surface area contributed by atoms with Gasteiger partial charge in [-0.3, -0.25) is 9.59 Å². The van der Waals surface area contributed by atoms with Crippen LogP contribution < -0.4 is 14.8 Å². The number of aryl methyl sites for hydroxylation is 1. The molecule has 1 aliphatic rings. The van der Waals surface area contributed by atoms with Crippen molar-refractivity contribution in [1.82, 2.24) is 10.0 Å². The topological polar surface area (TPSA) is 122 Å². The maximum absolute atomic E-state index is 13.3. The number of carboxylic acid groups (broad SMARTS) is 1. The lowest BCUT2D eigenvalue weighted by Crippen LogP contribution is -2.51. The smallest absolute Gasteiger partial charge is 0.307 e. The van der Waals surface area contributed by atoms with Gasteiger partial charge < -0.3 is 15.2 Å². The molecule has 0 saturated heterocycles. The maximum atomic E-state index is 13.3. The lowest BCUT2D eigenvalue weighted by Gasteiger charge is -2.27. The molecular weight excluding hydrogens is 552 g/mol. The second-order valence-electron chi connectivity index (χ2n) is 9.72. The third kappa shape index (κ3) is 7.94. The van der Waals surface area contributed by atoms with Crippen LogP contribution in [0.4, 0.5) is 0 Å². The lowest BCUT2D eigenvalue weighted by atomic mass is 9.89. The molecule has 8 nitrogen and oxygen atoms in total. The Kier molecular flexibility index (Phi) is 9.63. The zero-order chi connectivity index (χ0) is 28.7. The molecule has 10 heteroatoms. The zero-order valence-electron chi connectivity index (χ0n) is 22.0. The Balaban J connectivity index is 1.65. The summed E-state index contributed by atoms with van der Waals surface area (Å²) in [5, 5.41) is 12.7. The summed E-state index contributed by atoms with van der Waals surface area (Å²) in [6.07, 6.45) is 4.39. The van der Waals surface area contributed by atoms with Crippen molar-refractivity contribution in [2.24, 2.45) is 5.92 Å². The van der Waals surface area contributed by atoms with E-state index >= 15 is 0 Å². The second-order valence-corrected chi connectivity index (χ2v) is 11.9. The van der Waals surface area contributed by atoms with Crippen LogP contribution in [0.1, 0.15) is 28.7 Å². The van der Waals surface area contributed by atoms with Crippen LogP contribution in [0.2, 0.25) is 5.02 Å². The molecule has 1 unspecified atom stereocenters. The van der Waals surface area contributed by atoms with E-state index in [9.17, 15) is 23.1 Å². The van der Waals surface area contributed by atoms with Crippen LogP contribution in [0.25, 0.3) is 0 Å². The number of hydrogen-bond acceptors (Lipinski definition) is 5. The summed E-state index contributed by atoms with van der Waals surface area (Å²) in [4.78, 5) is 24.6. The number of halogens is 1. The van der Waals surface area contributed by atoms with E-state index in [1.54, 1.807) is 42.5 Å². The first-order valence-electron chi connectivity index (χ1n) is 12.8. The van der Waals surface area contributed by atoms with Crippen LogP contribution in [0.3, 0.4) is 0 Å². The van der Waals surface area contributed by atoms with Crippen LogP contribution in [0.5, 0.6) is 5.75 Å². The molecule has 3 N–H and O–H groups in total. The van der Waals surface area contributed by atoms with Crippen molar-refractivity contribution in [3.8, 4) is 5.75 Å². The number of hydrogen-bond donors (Lipinski definition) is 3. The van der Waals surface area contributed by atoms with Crippen molar-refractivity contribution >= 4 is 33.5 Å². The highest BCUT2D eigenvalue weighted by molar-refractivity contribution is 7.89. The highest BCUT2D eigenvalue weighted by Gasteiger charge is 2.33. The molecule has 3 aromatic rings. The standard InChI is InChI=1S/C30H31ClN2O6S/c1-20-5-12-26(13-6-20)40(37,38)33-29-23(4-2-3-15-32-30(29)36)18-24-16-22(17-28(34)35)9-14-27(24)39-19-21-7-10-25(31)11-8-21/h2,4-14,16,23,29,33H,3,15,17-19H2,1H3,(H,32,36)(H,34,35)/t23?,29-/m1/s1. The largest absolute Gasteiger partial charge is 0.489 e. The SMILES string of the molecule is Cc1ccc(S(=O)(=O)N[C@H]2C(=O)NCCC=CC2Cc2cc(CC(=O)O)ccc2OCc2ccc(Cl)cc2)cc1. The van der Waals surface area contributed by atoms with E-state index < -0.39 is 33.9 Å². The van der Waals surface area contributed by atoms with Crippen LogP contribution in [0, 0.1) is 12.8 Å². The molecule has 1 heterocycles. The number of carboxylic acids is 1. The third-order valence-corrected chi connectivity index (χ3v) is 8.27. The molecule has 0 bridgehead atoms. The average Bonchev–Trinajstić information content (AvgIpc) is 2.90. The Hall–Kier alpha value is -3.66. The molecule has 4 rings (SSSR count). The van der Waals surface area contributed by atoms with E-state index in [1.807, 2.05) is 31.2 Å².